The summed E-state index contributed by atoms with van der Waals surface area (Å²) in [6.07, 6.45) is 0. The number of para-hydroxylation sites is 1. The standard InChI is InChI=1S/C18H20N2O2S/c1-18(2,3)14-11-9-13(10-12-14)16(21)19-17(22)20(23)15-7-5-4-6-8-15/h4-12,23H,1-3H3,(H,19,21,22). The average Bonchev–Trinajstić information content (AvgIpc) is 2.54. The molecule has 5 heteroatoms. The summed E-state index contributed by atoms with van der Waals surface area (Å²) >= 11 is 4.12. The first-order valence-electron chi connectivity index (χ1n) is 7.29. The summed E-state index contributed by atoms with van der Waals surface area (Å²) in [5.41, 5.74) is 2.16. The van der Waals surface area contributed by atoms with Gasteiger partial charge >= 0.3 is 6.03 Å². The molecule has 0 spiro atoms. The summed E-state index contributed by atoms with van der Waals surface area (Å²) in [4.78, 5) is 24.2. The van der Waals surface area contributed by atoms with Gasteiger partial charge in [-0.3, -0.25) is 10.1 Å². The molecule has 2 rings (SSSR count). The minimum atomic E-state index is -0.593. The lowest BCUT2D eigenvalue weighted by Gasteiger charge is -2.19. The second-order valence-corrected chi connectivity index (χ2v) is 6.63. The molecular formula is C18H20N2O2S. The zero-order valence-corrected chi connectivity index (χ0v) is 14.3. The molecule has 3 amide bonds. The zero-order valence-electron chi connectivity index (χ0n) is 13.4. The SMILES string of the molecule is CC(C)(C)c1ccc(C(=O)NC(=O)N(S)c2ccccc2)cc1. The van der Waals surface area contributed by atoms with E-state index in [1.54, 1.807) is 36.4 Å². The molecule has 0 saturated heterocycles. The van der Waals surface area contributed by atoms with Gasteiger partial charge in [0.2, 0.25) is 0 Å². The van der Waals surface area contributed by atoms with Crippen LogP contribution in [0.25, 0.3) is 0 Å². The average molecular weight is 328 g/mol. The number of hydrogen-bond acceptors (Lipinski definition) is 3. The number of carbonyl (C=O) groups excluding carboxylic acids is 2. The molecule has 0 aromatic heterocycles. The lowest BCUT2D eigenvalue weighted by molar-refractivity contribution is 0.0966. The number of nitrogens with zero attached hydrogens (tertiary/aromatic N) is 1. The fourth-order valence-electron chi connectivity index (χ4n) is 2.03. The van der Waals surface area contributed by atoms with E-state index in [-0.39, 0.29) is 5.41 Å². The molecule has 0 unspecified atom stereocenters. The number of benzene rings is 2. The van der Waals surface area contributed by atoms with Gasteiger partial charge in [0.25, 0.3) is 5.91 Å². The summed E-state index contributed by atoms with van der Waals surface area (Å²) < 4.78 is 1.10. The van der Waals surface area contributed by atoms with Crippen molar-refractivity contribution < 1.29 is 9.59 Å². The van der Waals surface area contributed by atoms with Gasteiger partial charge in [-0.05, 0) is 35.2 Å². The first-order valence-corrected chi connectivity index (χ1v) is 7.69. The highest BCUT2D eigenvalue weighted by Gasteiger charge is 2.18. The molecule has 0 saturated carbocycles. The Bertz CT molecular complexity index is 691. The van der Waals surface area contributed by atoms with Crippen molar-refractivity contribution >= 4 is 30.4 Å². The fourth-order valence-corrected chi connectivity index (χ4v) is 2.21. The van der Waals surface area contributed by atoms with E-state index in [9.17, 15) is 9.59 Å². The Morgan fingerprint density at radius 2 is 1.52 bits per heavy atom. The molecule has 0 aliphatic heterocycles. The number of imide groups is 1. The second kappa shape index (κ2) is 6.87. The molecular weight excluding hydrogens is 308 g/mol. The molecule has 2 aromatic carbocycles. The highest BCUT2D eigenvalue weighted by Crippen LogP contribution is 2.22. The van der Waals surface area contributed by atoms with Crippen LogP contribution in [0.2, 0.25) is 0 Å². The summed E-state index contributed by atoms with van der Waals surface area (Å²) in [5, 5.41) is 2.32. The van der Waals surface area contributed by atoms with Gasteiger partial charge in [-0.2, -0.15) is 0 Å². The minimum absolute atomic E-state index is 0.0139. The third-order valence-electron chi connectivity index (χ3n) is 3.43. The molecule has 0 fully saturated rings. The van der Waals surface area contributed by atoms with E-state index < -0.39 is 11.9 Å². The van der Waals surface area contributed by atoms with Crippen molar-refractivity contribution in [3.63, 3.8) is 0 Å². The number of nitrogens with one attached hydrogen (secondary N) is 1. The Hall–Kier alpha value is -2.27. The third kappa shape index (κ3) is 4.36. The number of amides is 3. The van der Waals surface area contributed by atoms with E-state index in [2.05, 4.69) is 38.9 Å². The molecule has 0 radical (unpaired) electrons. The van der Waals surface area contributed by atoms with Crippen LogP contribution in [-0.2, 0) is 5.41 Å². The number of urea groups is 1. The molecule has 4 nitrogen and oxygen atoms in total. The second-order valence-electron chi connectivity index (χ2n) is 6.23. The van der Waals surface area contributed by atoms with Crippen LogP contribution < -0.4 is 9.62 Å². The van der Waals surface area contributed by atoms with Crippen LogP contribution in [0.1, 0.15) is 36.7 Å². The molecule has 2 aromatic rings. The topological polar surface area (TPSA) is 49.4 Å². The number of rotatable bonds is 2. The lowest BCUT2D eigenvalue weighted by atomic mass is 9.87. The first-order chi connectivity index (χ1) is 10.8. The highest BCUT2D eigenvalue weighted by molar-refractivity contribution is 7.82. The Labute approximate surface area is 142 Å². The maximum absolute atomic E-state index is 12.2. The van der Waals surface area contributed by atoms with Gasteiger partial charge in [0, 0.05) is 5.56 Å². The number of hydrogen-bond donors (Lipinski definition) is 2. The Morgan fingerprint density at radius 1 is 0.957 bits per heavy atom. The minimum Gasteiger partial charge on any atom is -0.273 e. The number of carbonyl (C=O) groups is 2. The smallest absolute Gasteiger partial charge is 0.273 e. The van der Waals surface area contributed by atoms with Crippen molar-refractivity contribution in [2.45, 2.75) is 26.2 Å². The molecule has 0 bridgehead atoms. The quantitative estimate of drug-likeness (QED) is 0.812. The largest absolute Gasteiger partial charge is 0.338 e. The van der Waals surface area contributed by atoms with E-state index in [0.29, 0.717) is 11.3 Å². The third-order valence-corrected chi connectivity index (χ3v) is 3.84. The van der Waals surface area contributed by atoms with Crippen molar-refractivity contribution in [3.05, 3.63) is 65.7 Å². The van der Waals surface area contributed by atoms with Crippen molar-refractivity contribution in [3.8, 4) is 0 Å². The molecule has 0 heterocycles. The fraction of sp³-hybridized carbons (Fsp3) is 0.222. The van der Waals surface area contributed by atoms with Crippen LogP contribution >= 0.6 is 12.8 Å². The highest BCUT2D eigenvalue weighted by atomic mass is 32.1. The van der Waals surface area contributed by atoms with Gasteiger partial charge in [-0.1, -0.05) is 63.9 Å². The Balaban J connectivity index is 2.05. The molecule has 0 atom stereocenters. The molecule has 1 N–H and O–H groups in total. The van der Waals surface area contributed by atoms with E-state index in [0.717, 1.165) is 9.87 Å². The Kier molecular flexibility index (Phi) is 5.11. The van der Waals surface area contributed by atoms with E-state index in [1.165, 1.54) is 0 Å². The summed E-state index contributed by atoms with van der Waals surface area (Å²) in [6.45, 7) is 6.30. The predicted molar refractivity (Wildman–Crippen MR) is 95.9 cm³/mol. The summed E-state index contributed by atoms with van der Waals surface area (Å²) in [5.74, 6) is -0.453. The van der Waals surface area contributed by atoms with E-state index in [1.807, 2.05) is 18.2 Å². The van der Waals surface area contributed by atoms with Crippen LogP contribution in [0.4, 0.5) is 10.5 Å². The summed E-state index contributed by atoms with van der Waals surface area (Å²) in [7, 11) is 0. The van der Waals surface area contributed by atoms with Crippen LogP contribution in [0.5, 0.6) is 0 Å². The van der Waals surface area contributed by atoms with Crippen molar-refractivity contribution in [1.29, 1.82) is 0 Å². The number of anilines is 1. The summed E-state index contributed by atoms with van der Waals surface area (Å²) in [6, 6.07) is 15.5. The van der Waals surface area contributed by atoms with Crippen molar-refractivity contribution in [2.24, 2.45) is 0 Å². The van der Waals surface area contributed by atoms with Gasteiger partial charge in [-0.15, -0.1) is 0 Å². The van der Waals surface area contributed by atoms with Crippen LogP contribution in [0, 0.1) is 0 Å². The normalized spacial score (nSPS) is 11.0. The van der Waals surface area contributed by atoms with Crippen LogP contribution in [0.15, 0.2) is 54.6 Å². The van der Waals surface area contributed by atoms with Gasteiger partial charge < -0.3 is 0 Å². The molecule has 120 valence electrons. The Morgan fingerprint density at radius 3 is 2.04 bits per heavy atom. The molecule has 0 aliphatic rings. The predicted octanol–water partition coefficient (Wildman–Crippen LogP) is 4.19. The van der Waals surface area contributed by atoms with Crippen molar-refractivity contribution in [2.75, 3.05) is 4.31 Å². The molecule has 23 heavy (non-hydrogen) atoms. The van der Waals surface area contributed by atoms with Crippen molar-refractivity contribution in [1.82, 2.24) is 5.32 Å². The van der Waals surface area contributed by atoms with Gasteiger partial charge in [0.05, 0.1) is 5.69 Å². The monoisotopic (exact) mass is 328 g/mol. The maximum Gasteiger partial charge on any atom is 0.338 e. The van der Waals surface area contributed by atoms with Crippen LogP contribution in [0.3, 0.4) is 0 Å². The van der Waals surface area contributed by atoms with Gasteiger partial charge in [0.1, 0.15) is 0 Å². The maximum atomic E-state index is 12.2. The van der Waals surface area contributed by atoms with E-state index >= 15 is 0 Å². The van der Waals surface area contributed by atoms with Gasteiger partial charge in [0.15, 0.2) is 0 Å². The lowest BCUT2D eigenvalue weighted by Crippen LogP contribution is -2.38. The van der Waals surface area contributed by atoms with Gasteiger partial charge in [-0.25, -0.2) is 9.10 Å². The number of thiol groups is 1. The van der Waals surface area contributed by atoms with Crippen LogP contribution in [-0.4, -0.2) is 11.9 Å². The molecule has 0 aliphatic carbocycles. The first kappa shape index (κ1) is 17.1. The van der Waals surface area contributed by atoms with E-state index in [4.69, 9.17) is 0 Å². The zero-order chi connectivity index (χ0) is 17.0.